The van der Waals surface area contributed by atoms with Gasteiger partial charge in [0.2, 0.25) is 0 Å². The Kier molecular flexibility index (Phi) is 4.45. The number of esters is 1. The number of carbonyl (C=O) groups is 1. The van der Waals surface area contributed by atoms with Gasteiger partial charge in [0.25, 0.3) is 0 Å². The molecule has 1 aliphatic carbocycles. The van der Waals surface area contributed by atoms with Gasteiger partial charge in [0.05, 0.1) is 13.0 Å². The van der Waals surface area contributed by atoms with Gasteiger partial charge in [0.15, 0.2) is 0 Å². The van der Waals surface area contributed by atoms with Crippen molar-refractivity contribution in [3.8, 4) is 0 Å². The monoisotopic (exact) mass is 179 g/mol. The van der Waals surface area contributed by atoms with E-state index in [4.69, 9.17) is 5.73 Å². The normalized spacial score (nSPS) is 29.3. The van der Waals surface area contributed by atoms with E-state index in [2.05, 4.69) is 4.74 Å². The Morgan fingerprint density at radius 1 is 1.55 bits per heavy atom. The lowest BCUT2D eigenvalue weighted by Gasteiger charge is -2.04. The minimum Gasteiger partial charge on any atom is -0.469 e. The summed E-state index contributed by atoms with van der Waals surface area (Å²) in [5, 5.41) is 0. The van der Waals surface area contributed by atoms with Crippen LogP contribution in [0, 0.1) is 5.92 Å². The Morgan fingerprint density at radius 3 is 2.55 bits per heavy atom. The minimum atomic E-state index is -0.104. The van der Waals surface area contributed by atoms with Crippen LogP contribution < -0.4 is 5.73 Å². The van der Waals surface area contributed by atoms with E-state index >= 15 is 0 Å². The molecule has 0 heterocycles. The molecule has 0 amide bonds. The molecule has 11 heavy (non-hydrogen) atoms. The fourth-order valence-electron chi connectivity index (χ4n) is 1.40. The van der Waals surface area contributed by atoms with E-state index in [9.17, 15) is 4.79 Å². The highest BCUT2D eigenvalue weighted by Crippen LogP contribution is 2.24. The number of rotatable bonds is 1. The van der Waals surface area contributed by atoms with Crippen LogP contribution in [0.2, 0.25) is 0 Å². The molecule has 0 aromatic heterocycles. The molecule has 0 spiro atoms. The minimum absolute atomic E-state index is 0. The number of hydrogen-bond acceptors (Lipinski definition) is 3. The highest BCUT2D eigenvalue weighted by molar-refractivity contribution is 5.85. The molecular formula is C7H14ClNO2. The Morgan fingerprint density at radius 2 is 2.18 bits per heavy atom. The first-order valence-corrected chi connectivity index (χ1v) is 3.57. The van der Waals surface area contributed by atoms with Crippen molar-refractivity contribution >= 4 is 18.4 Å². The van der Waals surface area contributed by atoms with Gasteiger partial charge in [0, 0.05) is 6.04 Å². The molecule has 66 valence electrons. The van der Waals surface area contributed by atoms with Crippen LogP contribution in [-0.4, -0.2) is 19.1 Å². The second-order valence-corrected chi connectivity index (χ2v) is 2.79. The van der Waals surface area contributed by atoms with Crippen LogP contribution in [-0.2, 0) is 9.53 Å². The molecule has 3 nitrogen and oxygen atoms in total. The van der Waals surface area contributed by atoms with Gasteiger partial charge in [-0.15, -0.1) is 12.4 Å². The lowest BCUT2D eigenvalue weighted by Crippen LogP contribution is -2.18. The molecule has 2 N–H and O–H groups in total. The summed E-state index contributed by atoms with van der Waals surface area (Å²) in [4.78, 5) is 10.9. The van der Waals surface area contributed by atoms with Crippen LogP contribution in [0.15, 0.2) is 0 Å². The summed E-state index contributed by atoms with van der Waals surface area (Å²) in [5.74, 6) is -0.0343. The van der Waals surface area contributed by atoms with E-state index in [1.165, 1.54) is 7.11 Å². The van der Waals surface area contributed by atoms with Crippen LogP contribution in [0.3, 0.4) is 0 Å². The van der Waals surface area contributed by atoms with Crippen LogP contribution >= 0.6 is 12.4 Å². The number of halogens is 1. The maximum atomic E-state index is 10.9. The van der Waals surface area contributed by atoms with Gasteiger partial charge in [-0.2, -0.15) is 0 Å². The molecular weight excluding hydrogens is 166 g/mol. The zero-order valence-corrected chi connectivity index (χ0v) is 7.39. The molecule has 1 unspecified atom stereocenters. The molecule has 0 aromatic rings. The van der Waals surface area contributed by atoms with Gasteiger partial charge in [-0.05, 0) is 19.3 Å². The van der Waals surface area contributed by atoms with Crippen molar-refractivity contribution in [3.05, 3.63) is 0 Å². The molecule has 1 saturated carbocycles. The summed E-state index contributed by atoms with van der Waals surface area (Å²) in [7, 11) is 1.42. The first kappa shape index (κ1) is 10.7. The van der Waals surface area contributed by atoms with E-state index in [-0.39, 0.29) is 30.3 Å². The fraction of sp³-hybridized carbons (Fsp3) is 0.857. The van der Waals surface area contributed by atoms with E-state index in [0.717, 1.165) is 19.3 Å². The number of methoxy groups -OCH3 is 1. The number of nitrogens with two attached hydrogens (primary N) is 1. The predicted molar refractivity (Wildman–Crippen MR) is 44.6 cm³/mol. The molecule has 1 fully saturated rings. The van der Waals surface area contributed by atoms with Gasteiger partial charge < -0.3 is 10.5 Å². The smallest absolute Gasteiger partial charge is 0.308 e. The largest absolute Gasteiger partial charge is 0.469 e. The highest BCUT2D eigenvalue weighted by Gasteiger charge is 2.27. The van der Waals surface area contributed by atoms with Gasteiger partial charge in [-0.1, -0.05) is 0 Å². The lowest BCUT2D eigenvalue weighted by molar-refractivity contribution is -0.145. The third kappa shape index (κ3) is 2.67. The van der Waals surface area contributed by atoms with Gasteiger partial charge >= 0.3 is 5.97 Å². The molecule has 0 aromatic carbocycles. The first-order valence-electron chi connectivity index (χ1n) is 3.57. The lowest BCUT2D eigenvalue weighted by atomic mass is 10.1. The van der Waals surface area contributed by atoms with Crippen molar-refractivity contribution in [3.63, 3.8) is 0 Å². The SMILES string of the molecule is COC(=O)C1CC[C@@H](N)C1.Cl. The maximum absolute atomic E-state index is 10.9. The van der Waals surface area contributed by atoms with Gasteiger partial charge in [-0.3, -0.25) is 4.79 Å². The standard InChI is InChI=1S/C7H13NO2.ClH/c1-10-7(9)5-2-3-6(8)4-5;/h5-6H,2-4,8H2,1H3;1H/t5?,6-;/m1./s1. The Balaban J connectivity index is 0.000001000. The highest BCUT2D eigenvalue weighted by atomic mass is 35.5. The third-order valence-corrected chi connectivity index (χ3v) is 2.01. The predicted octanol–water partition coefficient (Wildman–Crippen LogP) is 0.709. The Labute approximate surface area is 72.7 Å². The first-order chi connectivity index (χ1) is 4.74. The summed E-state index contributed by atoms with van der Waals surface area (Å²) in [6.45, 7) is 0. The second kappa shape index (κ2) is 4.57. The number of hydrogen-bond donors (Lipinski definition) is 1. The van der Waals surface area contributed by atoms with Crippen molar-refractivity contribution in [1.29, 1.82) is 0 Å². The van der Waals surface area contributed by atoms with Crippen LogP contribution in [0.1, 0.15) is 19.3 Å². The fourth-order valence-corrected chi connectivity index (χ4v) is 1.40. The van der Waals surface area contributed by atoms with Crippen LogP contribution in [0.4, 0.5) is 0 Å². The van der Waals surface area contributed by atoms with E-state index in [1.54, 1.807) is 0 Å². The van der Waals surface area contributed by atoms with Crippen molar-refractivity contribution < 1.29 is 9.53 Å². The molecule has 0 radical (unpaired) electrons. The van der Waals surface area contributed by atoms with Gasteiger partial charge in [0.1, 0.15) is 0 Å². The maximum Gasteiger partial charge on any atom is 0.308 e. The zero-order valence-electron chi connectivity index (χ0n) is 6.58. The average Bonchev–Trinajstić information content (AvgIpc) is 2.34. The second-order valence-electron chi connectivity index (χ2n) is 2.79. The molecule has 1 rings (SSSR count). The van der Waals surface area contributed by atoms with Crippen molar-refractivity contribution in [2.45, 2.75) is 25.3 Å². The van der Waals surface area contributed by atoms with Crippen LogP contribution in [0.5, 0.6) is 0 Å². The number of ether oxygens (including phenoxy) is 1. The summed E-state index contributed by atoms with van der Waals surface area (Å²) in [5.41, 5.74) is 5.61. The van der Waals surface area contributed by atoms with Crippen molar-refractivity contribution in [2.24, 2.45) is 11.7 Å². The average molecular weight is 180 g/mol. The zero-order chi connectivity index (χ0) is 7.56. The van der Waals surface area contributed by atoms with Crippen molar-refractivity contribution in [1.82, 2.24) is 0 Å². The molecule has 0 aliphatic heterocycles. The molecule has 2 atom stereocenters. The molecule has 0 bridgehead atoms. The van der Waals surface area contributed by atoms with E-state index in [0.29, 0.717) is 0 Å². The third-order valence-electron chi connectivity index (χ3n) is 2.01. The Bertz CT molecular complexity index is 140. The molecule has 0 saturated heterocycles. The molecule has 1 aliphatic rings. The Hall–Kier alpha value is -0.280. The summed E-state index contributed by atoms with van der Waals surface area (Å²) < 4.78 is 4.59. The van der Waals surface area contributed by atoms with Crippen LogP contribution in [0.25, 0.3) is 0 Å². The topological polar surface area (TPSA) is 52.3 Å². The van der Waals surface area contributed by atoms with Gasteiger partial charge in [-0.25, -0.2) is 0 Å². The number of carbonyl (C=O) groups excluding carboxylic acids is 1. The quantitative estimate of drug-likeness (QED) is 0.604. The van der Waals surface area contributed by atoms with Crippen molar-refractivity contribution in [2.75, 3.05) is 7.11 Å². The summed E-state index contributed by atoms with van der Waals surface area (Å²) in [6.07, 6.45) is 2.65. The summed E-state index contributed by atoms with van der Waals surface area (Å²) in [6, 6.07) is 0.212. The van der Waals surface area contributed by atoms with E-state index < -0.39 is 0 Å². The molecule has 4 heteroatoms. The summed E-state index contributed by atoms with van der Waals surface area (Å²) >= 11 is 0. The van der Waals surface area contributed by atoms with E-state index in [1.807, 2.05) is 0 Å².